The van der Waals surface area contributed by atoms with Crippen molar-refractivity contribution in [2.75, 3.05) is 0 Å². The first-order valence-electron chi connectivity index (χ1n) is 13.4. The molecular formula is C40H32FeO8P2Re2+2. The number of rotatable bonds is 6. The fraction of sp³-hybridized carbons (Fsp3) is 0. The Hall–Kier alpha value is -2.06. The maximum Gasteiger partial charge on any atom is 2.00 e. The van der Waals surface area contributed by atoms with E-state index in [1.54, 1.807) is 0 Å². The second-order valence-corrected chi connectivity index (χ2v) is 12.7. The zero-order chi connectivity index (χ0) is 36.4. The van der Waals surface area contributed by atoms with Crippen LogP contribution in [0.2, 0.25) is 0 Å². The summed E-state index contributed by atoms with van der Waals surface area (Å²) in [6.07, 6.45) is 17.4. The van der Waals surface area contributed by atoms with Crippen molar-refractivity contribution in [3.63, 3.8) is 0 Å². The van der Waals surface area contributed by atoms with Gasteiger partial charge in [0.1, 0.15) is 0 Å². The van der Waals surface area contributed by atoms with Crippen LogP contribution in [-0.2, 0) is 85.8 Å². The van der Waals surface area contributed by atoms with Gasteiger partial charge in [-0.15, -0.1) is 0 Å². The Bertz CT molecular complexity index is 1230. The van der Waals surface area contributed by atoms with Crippen LogP contribution in [-0.4, -0.2) is 11.0 Å². The largest absolute Gasteiger partial charge is 2.00 e. The van der Waals surface area contributed by atoms with E-state index in [9.17, 15) is 0 Å². The molecule has 270 valence electrons. The molecule has 0 unspecified atom stereocenters. The van der Waals surface area contributed by atoms with E-state index >= 15 is 0 Å². The fourth-order valence-electron chi connectivity index (χ4n) is 4.23. The van der Waals surface area contributed by atoms with Gasteiger partial charge in [0, 0.05) is 52.2 Å². The van der Waals surface area contributed by atoms with Crippen LogP contribution in [0.5, 0.6) is 0 Å². The van der Waals surface area contributed by atoms with Gasteiger partial charge in [0.25, 0.3) is 0 Å². The van der Waals surface area contributed by atoms with Crippen molar-refractivity contribution in [2.24, 2.45) is 0 Å². The molecule has 0 aromatic heterocycles. The van der Waals surface area contributed by atoms with E-state index < -0.39 is 15.8 Å². The molecular weight excluding hydrogens is 1100 g/mol. The van der Waals surface area contributed by atoms with Crippen LogP contribution >= 0.6 is 15.8 Å². The Morgan fingerprint density at radius 3 is 0.604 bits per heavy atom. The van der Waals surface area contributed by atoms with E-state index in [-0.39, 0.29) is 68.9 Å². The summed E-state index contributed by atoms with van der Waals surface area (Å²) in [4.78, 5) is 0. The Labute approximate surface area is 355 Å². The minimum Gasteiger partial charge on any atom is -0.0622 e. The van der Waals surface area contributed by atoms with Crippen LogP contribution in [0.3, 0.4) is 0 Å². The quantitative estimate of drug-likeness (QED) is 0.108. The van der Waals surface area contributed by atoms with Crippen molar-refractivity contribution in [3.8, 4) is 0 Å². The first-order chi connectivity index (χ1) is 23.9. The first-order valence-corrected chi connectivity index (χ1v) is 16.0. The van der Waals surface area contributed by atoms with Gasteiger partial charge in [-0.1, -0.05) is 121 Å². The average molecular weight is 1130 g/mol. The van der Waals surface area contributed by atoms with Gasteiger partial charge in [-0.25, -0.2) is 0 Å². The van der Waals surface area contributed by atoms with Crippen LogP contribution in [0, 0.1) is 103 Å². The first kappa shape index (κ1) is 65.8. The molecule has 2 aliphatic rings. The van der Waals surface area contributed by atoms with Crippen LogP contribution in [0.1, 0.15) is 0 Å². The summed E-state index contributed by atoms with van der Waals surface area (Å²) in [6, 6.07) is 43.1. The minimum absolute atomic E-state index is 0. The second-order valence-electron chi connectivity index (χ2n) is 8.30. The van der Waals surface area contributed by atoms with E-state index in [0.717, 1.165) is 0 Å². The molecule has 0 amide bonds. The summed E-state index contributed by atoms with van der Waals surface area (Å²) >= 11 is 0. The molecule has 0 heterocycles. The van der Waals surface area contributed by atoms with Gasteiger partial charge in [0.15, 0.2) is 0 Å². The van der Waals surface area contributed by atoms with Gasteiger partial charge in [-0.3, -0.25) is 0 Å². The van der Waals surface area contributed by atoms with Crippen LogP contribution < -0.4 is 21.2 Å². The molecule has 4 aromatic rings. The van der Waals surface area contributed by atoms with Crippen molar-refractivity contribution >= 4 is 37.1 Å². The summed E-state index contributed by atoms with van der Waals surface area (Å²) < 4.78 is 45.0. The summed E-state index contributed by atoms with van der Waals surface area (Å²) in [7, 11) is -0.818. The molecule has 4 N–H and O–H groups in total. The van der Waals surface area contributed by atoms with Crippen LogP contribution in [0.15, 0.2) is 121 Å². The van der Waals surface area contributed by atoms with E-state index in [1.807, 2.05) is 0 Å². The standard InChI is InChI=1S/2C17H14P.6CO.Fe.2H2O.2Re/c2*1-3-9-15(10-4-1)18(17-13-7-8-14-17)16-11-5-2-6-12-16;6*1-2;;;;;/h2*1-14H;;;;;;;;2*1H2;;/q;;;;;;;;+2;;;;. The van der Waals surface area contributed by atoms with Gasteiger partial charge < -0.3 is 11.0 Å². The number of hydrogen-bond acceptors (Lipinski definition) is 0. The zero-order valence-electron chi connectivity index (χ0n) is 27.6. The van der Waals surface area contributed by atoms with Crippen molar-refractivity contribution in [3.05, 3.63) is 224 Å². The van der Waals surface area contributed by atoms with Crippen molar-refractivity contribution in [2.45, 2.75) is 0 Å². The Morgan fingerprint density at radius 2 is 0.453 bits per heavy atom. The smallest absolute Gasteiger partial charge is 0.0622 e. The third kappa shape index (κ3) is 24.9. The second kappa shape index (κ2) is 48.0. The van der Waals surface area contributed by atoms with Crippen LogP contribution in [0.4, 0.5) is 0 Å². The summed E-state index contributed by atoms with van der Waals surface area (Å²) in [6.45, 7) is 27.0. The molecule has 0 atom stereocenters. The maximum atomic E-state index is 7.50. The van der Waals surface area contributed by atoms with Crippen molar-refractivity contribution in [1.82, 2.24) is 0 Å². The molecule has 53 heavy (non-hydrogen) atoms. The van der Waals surface area contributed by atoms with Gasteiger partial charge >= 0.3 is 84.9 Å². The molecule has 12 radical (unpaired) electrons. The third-order valence-electron chi connectivity index (χ3n) is 5.86. The summed E-state index contributed by atoms with van der Waals surface area (Å²) in [5.74, 6) is 0. The van der Waals surface area contributed by atoms with Gasteiger partial charge in [-0.2, -0.15) is 0 Å². The molecule has 4 aromatic carbocycles. The Balaban J connectivity index is -0.000000116. The molecule has 0 spiro atoms. The third-order valence-corrected chi connectivity index (χ3v) is 10.8. The monoisotopic (exact) mass is 1130 g/mol. The van der Waals surface area contributed by atoms with Crippen molar-refractivity contribution in [1.29, 1.82) is 0 Å². The van der Waals surface area contributed by atoms with Gasteiger partial charge in [0.2, 0.25) is 0 Å². The SMILES string of the molecule is O.O.[C-]#[O+].[C-]#[O+].[C-]#[O+].[C-]#[O+].[C-]#[O+].[C-]#[O+].[CH]1[CH][CH][C](P(c2ccccc2)c2ccccc2)[CH]1.[CH]1[CH][CH][C](P(c2ccccc2)c2ccccc2)[CH]1.[Fe+2].[Re].[Re]. The fourth-order valence-corrected chi connectivity index (χ4v) is 8.84. The summed E-state index contributed by atoms with van der Waals surface area (Å²) in [5, 5.41) is 5.63. The molecule has 2 aliphatic carbocycles. The van der Waals surface area contributed by atoms with E-state index in [4.69, 9.17) is 27.9 Å². The Morgan fingerprint density at radius 1 is 0.302 bits per heavy atom. The predicted octanol–water partition coefficient (Wildman–Crippen LogP) is 5.08. The molecule has 2 fully saturated rings. The van der Waals surface area contributed by atoms with E-state index in [0.29, 0.717) is 0 Å². The molecule has 0 bridgehead atoms. The molecule has 2 saturated carbocycles. The zero-order valence-corrected chi connectivity index (χ0v) is 35.9. The van der Waals surface area contributed by atoms with E-state index in [1.165, 1.54) is 32.5 Å². The molecule has 0 aliphatic heterocycles. The predicted molar refractivity (Wildman–Crippen MR) is 190 cm³/mol. The van der Waals surface area contributed by atoms with Gasteiger partial charge in [0.05, 0.1) is 0 Å². The molecule has 0 saturated heterocycles. The van der Waals surface area contributed by atoms with Gasteiger partial charge in [-0.05, 0) is 88.4 Å². The van der Waals surface area contributed by atoms with E-state index in [2.05, 4.69) is 213 Å². The topological polar surface area (TPSA) is 182 Å². The average Bonchev–Trinajstić information content (AvgIpc) is 3.95. The molecule has 13 heteroatoms. The number of hydrogen-bond donors (Lipinski definition) is 0. The number of benzene rings is 4. The minimum atomic E-state index is -0.409. The van der Waals surface area contributed by atoms with Crippen molar-refractivity contribution < 1.29 is 96.8 Å². The summed E-state index contributed by atoms with van der Waals surface area (Å²) in [5.41, 5.74) is 2.84. The molecule has 6 rings (SSSR count). The Kier molecular flexibility index (Phi) is 59.6. The molecule has 8 nitrogen and oxygen atoms in total. The van der Waals surface area contributed by atoms with Crippen LogP contribution in [0.25, 0.3) is 0 Å². The normalized spacial score (nSPS) is 11.3. The maximum absolute atomic E-state index is 7.50.